The number of hydrogen-bond acceptors (Lipinski definition) is 5. The molecule has 1 aromatic carbocycles. The lowest BCUT2D eigenvalue weighted by Gasteiger charge is -2.23. The van der Waals surface area contributed by atoms with E-state index >= 15 is 0 Å². The van der Waals surface area contributed by atoms with E-state index in [9.17, 15) is 0 Å². The van der Waals surface area contributed by atoms with E-state index in [1.54, 1.807) is 7.11 Å². The summed E-state index contributed by atoms with van der Waals surface area (Å²) < 4.78 is 22.0. The van der Waals surface area contributed by atoms with Gasteiger partial charge in [0, 0.05) is 19.6 Å². The Hall–Kier alpha value is -1.46. The lowest BCUT2D eigenvalue weighted by Crippen LogP contribution is -2.25. The standard InChI is InChI=1S/C15H23NO4/c1-15(2,17-3)5-7-18-12-9-14-13(19-10-20-14)8-11(12)4-6-16/h8-9H,4-7,10,16H2,1-3H3. The number of fused-ring (bicyclic) bond motifs is 1. The molecule has 0 unspecified atom stereocenters. The first kappa shape index (κ1) is 14.9. The Morgan fingerprint density at radius 3 is 2.60 bits per heavy atom. The second kappa shape index (κ2) is 6.33. The molecule has 5 nitrogen and oxygen atoms in total. The summed E-state index contributed by atoms with van der Waals surface area (Å²) in [5.74, 6) is 2.30. The third-order valence-corrected chi connectivity index (χ3v) is 3.48. The van der Waals surface area contributed by atoms with Gasteiger partial charge < -0.3 is 24.7 Å². The van der Waals surface area contributed by atoms with Gasteiger partial charge in [-0.1, -0.05) is 0 Å². The van der Waals surface area contributed by atoms with E-state index in [1.807, 2.05) is 26.0 Å². The highest BCUT2D eigenvalue weighted by molar-refractivity contribution is 5.52. The van der Waals surface area contributed by atoms with E-state index in [-0.39, 0.29) is 12.4 Å². The van der Waals surface area contributed by atoms with Crippen LogP contribution in [0.3, 0.4) is 0 Å². The van der Waals surface area contributed by atoms with Crippen molar-refractivity contribution in [2.45, 2.75) is 32.3 Å². The van der Waals surface area contributed by atoms with Gasteiger partial charge in [0.15, 0.2) is 11.5 Å². The van der Waals surface area contributed by atoms with Crippen molar-refractivity contribution < 1.29 is 18.9 Å². The SMILES string of the molecule is COC(C)(C)CCOc1cc2c(cc1CCN)OCO2. The molecular formula is C15H23NO4. The third kappa shape index (κ3) is 3.55. The monoisotopic (exact) mass is 281 g/mol. The molecule has 0 radical (unpaired) electrons. The fraction of sp³-hybridized carbons (Fsp3) is 0.600. The first-order valence-corrected chi connectivity index (χ1v) is 6.86. The van der Waals surface area contributed by atoms with Gasteiger partial charge in [0.1, 0.15) is 5.75 Å². The molecule has 20 heavy (non-hydrogen) atoms. The molecule has 0 aliphatic carbocycles. The molecular weight excluding hydrogens is 258 g/mol. The molecule has 2 N–H and O–H groups in total. The largest absolute Gasteiger partial charge is 0.493 e. The first-order valence-electron chi connectivity index (χ1n) is 6.86. The molecule has 0 spiro atoms. The van der Waals surface area contributed by atoms with Crippen molar-refractivity contribution in [3.63, 3.8) is 0 Å². The second-order valence-electron chi connectivity index (χ2n) is 5.41. The normalized spacial score (nSPS) is 13.6. The number of rotatable bonds is 7. The molecule has 0 saturated heterocycles. The van der Waals surface area contributed by atoms with Gasteiger partial charge >= 0.3 is 0 Å². The summed E-state index contributed by atoms with van der Waals surface area (Å²) in [6.07, 6.45) is 1.56. The summed E-state index contributed by atoms with van der Waals surface area (Å²) in [6, 6.07) is 3.83. The zero-order valence-electron chi connectivity index (χ0n) is 12.4. The van der Waals surface area contributed by atoms with Gasteiger partial charge in [0.25, 0.3) is 0 Å². The maximum absolute atomic E-state index is 5.88. The summed E-state index contributed by atoms with van der Waals surface area (Å²) in [7, 11) is 1.71. The van der Waals surface area contributed by atoms with Gasteiger partial charge in [-0.15, -0.1) is 0 Å². The third-order valence-electron chi connectivity index (χ3n) is 3.48. The average molecular weight is 281 g/mol. The quantitative estimate of drug-likeness (QED) is 0.829. The van der Waals surface area contributed by atoms with Gasteiger partial charge in [-0.3, -0.25) is 0 Å². The van der Waals surface area contributed by atoms with Crippen molar-refractivity contribution in [2.75, 3.05) is 27.1 Å². The number of benzene rings is 1. The summed E-state index contributed by atoms with van der Waals surface area (Å²) in [4.78, 5) is 0. The molecule has 0 saturated carbocycles. The van der Waals surface area contributed by atoms with Gasteiger partial charge in [0.2, 0.25) is 6.79 Å². The van der Waals surface area contributed by atoms with E-state index in [0.29, 0.717) is 13.2 Å². The van der Waals surface area contributed by atoms with E-state index in [1.165, 1.54) is 0 Å². The van der Waals surface area contributed by atoms with Gasteiger partial charge in [-0.05, 0) is 38.4 Å². The van der Waals surface area contributed by atoms with Crippen LogP contribution in [0.1, 0.15) is 25.8 Å². The highest BCUT2D eigenvalue weighted by Gasteiger charge is 2.19. The van der Waals surface area contributed by atoms with Gasteiger partial charge in [-0.25, -0.2) is 0 Å². The van der Waals surface area contributed by atoms with Crippen LogP contribution in [0.4, 0.5) is 0 Å². The maximum Gasteiger partial charge on any atom is 0.231 e. The number of ether oxygens (including phenoxy) is 4. The fourth-order valence-corrected chi connectivity index (χ4v) is 1.96. The molecule has 0 fully saturated rings. The van der Waals surface area contributed by atoms with Gasteiger partial charge in [0.05, 0.1) is 12.2 Å². The number of hydrogen-bond donors (Lipinski definition) is 1. The average Bonchev–Trinajstić information content (AvgIpc) is 2.86. The topological polar surface area (TPSA) is 62.9 Å². The van der Waals surface area contributed by atoms with Crippen LogP contribution in [-0.4, -0.2) is 32.7 Å². The molecule has 1 aromatic rings. The minimum absolute atomic E-state index is 0.190. The molecule has 0 amide bonds. The summed E-state index contributed by atoms with van der Waals surface area (Å²) in [5.41, 5.74) is 6.50. The van der Waals surface area contributed by atoms with Crippen molar-refractivity contribution in [3.05, 3.63) is 17.7 Å². The minimum Gasteiger partial charge on any atom is -0.493 e. The molecule has 1 aliphatic rings. The lowest BCUT2D eigenvalue weighted by molar-refractivity contribution is 0.00537. The summed E-state index contributed by atoms with van der Waals surface area (Å²) in [6.45, 7) is 5.49. The van der Waals surface area contributed by atoms with Gasteiger partial charge in [-0.2, -0.15) is 0 Å². The van der Waals surface area contributed by atoms with E-state index in [4.69, 9.17) is 24.7 Å². The molecule has 0 atom stereocenters. The molecule has 0 aromatic heterocycles. The predicted octanol–water partition coefficient (Wildman–Crippen LogP) is 2.11. The van der Waals surface area contributed by atoms with Crippen LogP contribution in [0.5, 0.6) is 17.2 Å². The molecule has 112 valence electrons. The highest BCUT2D eigenvalue weighted by atomic mass is 16.7. The minimum atomic E-state index is -0.190. The molecule has 2 rings (SSSR count). The van der Waals surface area contributed by atoms with E-state index in [0.717, 1.165) is 35.7 Å². The van der Waals surface area contributed by atoms with Crippen LogP contribution < -0.4 is 19.9 Å². The van der Waals surface area contributed by atoms with Crippen LogP contribution in [-0.2, 0) is 11.2 Å². The van der Waals surface area contributed by atoms with E-state index < -0.39 is 0 Å². The Morgan fingerprint density at radius 2 is 1.95 bits per heavy atom. The number of nitrogens with two attached hydrogens (primary N) is 1. The Balaban J connectivity index is 2.06. The van der Waals surface area contributed by atoms with Crippen LogP contribution in [0, 0.1) is 0 Å². The van der Waals surface area contributed by atoms with Crippen molar-refractivity contribution in [2.24, 2.45) is 5.73 Å². The highest BCUT2D eigenvalue weighted by Crippen LogP contribution is 2.38. The van der Waals surface area contributed by atoms with Crippen molar-refractivity contribution in [1.29, 1.82) is 0 Å². The lowest BCUT2D eigenvalue weighted by atomic mass is 10.1. The summed E-state index contributed by atoms with van der Waals surface area (Å²) in [5, 5.41) is 0. The van der Waals surface area contributed by atoms with Crippen molar-refractivity contribution in [1.82, 2.24) is 0 Å². The predicted molar refractivity (Wildman–Crippen MR) is 76.5 cm³/mol. The van der Waals surface area contributed by atoms with Crippen LogP contribution in [0.25, 0.3) is 0 Å². The molecule has 1 aliphatic heterocycles. The van der Waals surface area contributed by atoms with Crippen LogP contribution in [0.2, 0.25) is 0 Å². The summed E-state index contributed by atoms with van der Waals surface area (Å²) >= 11 is 0. The maximum atomic E-state index is 5.88. The fourth-order valence-electron chi connectivity index (χ4n) is 1.96. The smallest absolute Gasteiger partial charge is 0.231 e. The molecule has 0 bridgehead atoms. The van der Waals surface area contributed by atoms with Crippen LogP contribution in [0.15, 0.2) is 12.1 Å². The van der Waals surface area contributed by atoms with Crippen LogP contribution >= 0.6 is 0 Å². The Kier molecular flexibility index (Phi) is 4.73. The van der Waals surface area contributed by atoms with Crippen molar-refractivity contribution >= 4 is 0 Å². The molecule has 5 heteroatoms. The van der Waals surface area contributed by atoms with Crippen molar-refractivity contribution in [3.8, 4) is 17.2 Å². The van der Waals surface area contributed by atoms with E-state index in [2.05, 4.69) is 0 Å². The molecule has 1 heterocycles. The second-order valence-corrected chi connectivity index (χ2v) is 5.41. The Bertz CT molecular complexity index is 459. The Morgan fingerprint density at radius 1 is 1.25 bits per heavy atom. The Labute approximate surface area is 120 Å². The first-order chi connectivity index (χ1) is 9.55. The zero-order valence-corrected chi connectivity index (χ0v) is 12.4. The number of methoxy groups -OCH3 is 1. The zero-order chi connectivity index (χ0) is 14.6.